The molecule has 0 spiro atoms. The van der Waals surface area contributed by atoms with E-state index in [1.54, 1.807) is 6.21 Å². The van der Waals surface area contributed by atoms with Gasteiger partial charge in [0.2, 0.25) is 5.91 Å². The molecule has 1 amide bonds. The lowest BCUT2D eigenvalue weighted by atomic mass is 10.1. The zero-order chi connectivity index (χ0) is 17.8. The van der Waals surface area contributed by atoms with Crippen molar-refractivity contribution in [3.8, 4) is 11.5 Å². The van der Waals surface area contributed by atoms with Gasteiger partial charge in [-0.2, -0.15) is 5.10 Å². The zero-order valence-corrected chi connectivity index (χ0v) is 14.2. The first kappa shape index (κ1) is 16.2. The largest absolute Gasteiger partial charge is 0.486 e. The van der Waals surface area contributed by atoms with Gasteiger partial charge in [0.05, 0.1) is 6.21 Å². The molecule has 2 heterocycles. The molecule has 1 aliphatic heterocycles. The standard InChI is InChI=1S/C20H19N3O3/c24-20(8-6-15-13-21-17-4-2-1-3-16(15)17)23-22-12-14-5-7-18-19(11-14)26-10-9-25-18/h1-5,7,11-13,21H,6,8-10H2,(H,23,24)/b22-12-. The van der Waals surface area contributed by atoms with Gasteiger partial charge in [-0.05, 0) is 41.8 Å². The van der Waals surface area contributed by atoms with Crippen molar-refractivity contribution in [1.82, 2.24) is 10.4 Å². The first-order valence-electron chi connectivity index (χ1n) is 8.56. The second-order valence-electron chi connectivity index (χ2n) is 6.06. The fourth-order valence-corrected chi connectivity index (χ4v) is 2.96. The van der Waals surface area contributed by atoms with Crippen LogP contribution < -0.4 is 14.9 Å². The lowest BCUT2D eigenvalue weighted by Gasteiger charge is -2.18. The third kappa shape index (κ3) is 3.54. The van der Waals surface area contributed by atoms with E-state index >= 15 is 0 Å². The number of aromatic amines is 1. The number of aromatic nitrogens is 1. The Kier molecular flexibility index (Phi) is 4.55. The van der Waals surface area contributed by atoms with Crippen LogP contribution >= 0.6 is 0 Å². The van der Waals surface area contributed by atoms with Crippen LogP contribution in [-0.4, -0.2) is 30.3 Å². The number of fused-ring (bicyclic) bond motifs is 2. The summed E-state index contributed by atoms with van der Waals surface area (Å²) in [5.41, 5.74) is 5.62. The van der Waals surface area contributed by atoms with E-state index in [1.165, 1.54) is 0 Å². The molecule has 0 radical (unpaired) electrons. The van der Waals surface area contributed by atoms with Gasteiger partial charge < -0.3 is 14.5 Å². The number of hydrogen-bond donors (Lipinski definition) is 2. The molecule has 1 aromatic heterocycles. The Morgan fingerprint density at radius 3 is 2.92 bits per heavy atom. The Labute approximate surface area is 150 Å². The first-order valence-corrected chi connectivity index (χ1v) is 8.56. The molecule has 1 aliphatic rings. The number of carbonyl (C=O) groups excluding carboxylic acids is 1. The maximum absolute atomic E-state index is 12.0. The third-order valence-corrected chi connectivity index (χ3v) is 4.27. The first-order chi connectivity index (χ1) is 12.8. The molecule has 0 saturated heterocycles. The minimum atomic E-state index is -0.121. The molecule has 0 saturated carbocycles. The van der Waals surface area contributed by atoms with E-state index in [9.17, 15) is 4.79 Å². The van der Waals surface area contributed by atoms with E-state index < -0.39 is 0 Å². The van der Waals surface area contributed by atoms with Gasteiger partial charge in [-0.25, -0.2) is 5.43 Å². The number of benzene rings is 2. The Bertz CT molecular complexity index is 962. The van der Waals surface area contributed by atoms with Crippen LogP contribution in [0.1, 0.15) is 17.5 Å². The molecule has 4 rings (SSSR count). The van der Waals surface area contributed by atoms with E-state index in [-0.39, 0.29) is 5.91 Å². The minimum Gasteiger partial charge on any atom is -0.486 e. The molecule has 6 nitrogen and oxygen atoms in total. The highest BCUT2D eigenvalue weighted by molar-refractivity contribution is 5.85. The SMILES string of the molecule is O=C(CCc1c[nH]c2ccccc12)N/N=C\c1ccc2c(c1)OCCO2. The summed E-state index contributed by atoms with van der Waals surface area (Å²) in [4.78, 5) is 15.2. The fraction of sp³-hybridized carbons (Fsp3) is 0.200. The van der Waals surface area contributed by atoms with E-state index in [4.69, 9.17) is 9.47 Å². The van der Waals surface area contributed by atoms with Crippen molar-refractivity contribution < 1.29 is 14.3 Å². The molecule has 6 heteroatoms. The molecular weight excluding hydrogens is 330 g/mol. The van der Waals surface area contributed by atoms with E-state index in [0.29, 0.717) is 31.8 Å². The lowest BCUT2D eigenvalue weighted by molar-refractivity contribution is -0.121. The number of nitrogens with zero attached hydrogens (tertiary/aromatic N) is 1. The van der Waals surface area contributed by atoms with Gasteiger partial charge in [0, 0.05) is 23.5 Å². The Morgan fingerprint density at radius 2 is 2.00 bits per heavy atom. The number of hydrogen-bond acceptors (Lipinski definition) is 4. The Morgan fingerprint density at radius 1 is 1.15 bits per heavy atom. The number of para-hydroxylation sites is 1. The average molecular weight is 349 g/mol. The van der Waals surface area contributed by atoms with Gasteiger partial charge >= 0.3 is 0 Å². The van der Waals surface area contributed by atoms with Crippen molar-refractivity contribution in [2.75, 3.05) is 13.2 Å². The predicted octanol–water partition coefficient (Wildman–Crippen LogP) is 3.02. The number of rotatable bonds is 5. The van der Waals surface area contributed by atoms with Gasteiger partial charge in [0.15, 0.2) is 11.5 Å². The van der Waals surface area contributed by atoms with Gasteiger partial charge in [-0.1, -0.05) is 18.2 Å². The fourth-order valence-electron chi connectivity index (χ4n) is 2.96. The summed E-state index contributed by atoms with van der Waals surface area (Å²) < 4.78 is 11.0. The smallest absolute Gasteiger partial charge is 0.240 e. The molecule has 3 aromatic rings. The van der Waals surface area contributed by atoms with Crippen LogP contribution in [0.4, 0.5) is 0 Å². The van der Waals surface area contributed by atoms with Crippen LogP contribution in [0.2, 0.25) is 0 Å². The van der Waals surface area contributed by atoms with Crippen LogP contribution in [0.3, 0.4) is 0 Å². The molecule has 0 bridgehead atoms. The van der Waals surface area contributed by atoms with Crippen molar-refractivity contribution in [3.63, 3.8) is 0 Å². The van der Waals surface area contributed by atoms with Crippen molar-refractivity contribution >= 4 is 23.0 Å². The van der Waals surface area contributed by atoms with Gasteiger partial charge in [0.25, 0.3) is 0 Å². The molecule has 132 valence electrons. The lowest BCUT2D eigenvalue weighted by Crippen LogP contribution is -2.18. The topological polar surface area (TPSA) is 75.7 Å². The number of carbonyl (C=O) groups is 1. The van der Waals surface area contributed by atoms with E-state index in [2.05, 4.69) is 21.6 Å². The van der Waals surface area contributed by atoms with Crippen LogP contribution in [0, 0.1) is 0 Å². The monoisotopic (exact) mass is 349 g/mol. The number of amides is 1. The number of ether oxygens (including phenoxy) is 2. The summed E-state index contributed by atoms with van der Waals surface area (Å²) in [5.74, 6) is 1.31. The number of H-pyrrole nitrogens is 1. The highest BCUT2D eigenvalue weighted by Gasteiger charge is 2.11. The number of nitrogens with one attached hydrogen (secondary N) is 2. The summed E-state index contributed by atoms with van der Waals surface area (Å²) in [7, 11) is 0. The highest BCUT2D eigenvalue weighted by Crippen LogP contribution is 2.30. The van der Waals surface area contributed by atoms with Gasteiger partial charge in [-0.3, -0.25) is 4.79 Å². The predicted molar refractivity (Wildman–Crippen MR) is 99.8 cm³/mol. The van der Waals surface area contributed by atoms with Crippen molar-refractivity contribution in [3.05, 3.63) is 59.8 Å². The zero-order valence-electron chi connectivity index (χ0n) is 14.2. The van der Waals surface area contributed by atoms with Crippen LogP contribution in [0.25, 0.3) is 10.9 Å². The minimum absolute atomic E-state index is 0.121. The molecule has 0 atom stereocenters. The van der Waals surface area contributed by atoms with E-state index in [1.807, 2.05) is 42.6 Å². The van der Waals surface area contributed by atoms with Crippen molar-refractivity contribution in [1.29, 1.82) is 0 Å². The van der Waals surface area contributed by atoms with E-state index in [0.717, 1.165) is 27.8 Å². The average Bonchev–Trinajstić information content (AvgIpc) is 3.09. The molecule has 26 heavy (non-hydrogen) atoms. The second-order valence-corrected chi connectivity index (χ2v) is 6.06. The Hall–Kier alpha value is -3.28. The van der Waals surface area contributed by atoms with Crippen molar-refractivity contribution in [2.45, 2.75) is 12.8 Å². The van der Waals surface area contributed by atoms with Crippen molar-refractivity contribution in [2.24, 2.45) is 5.10 Å². The molecule has 2 N–H and O–H groups in total. The second kappa shape index (κ2) is 7.31. The third-order valence-electron chi connectivity index (χ3n) is 4.27. The quantitative estimate of drug-likeness (QED) is 0.549. The molecule has 0 unspecified atom stereocenters. The maximum Gasteiger partial charge on any atom is 0.240 e. The van der Waals surface area contributed by atoms with Gasteiger partial charge in [-0.15, -0.1) is 0 Å². The Balaban J connectivity index is 1.32. The summed E-state index contributed by atoms with van der Waals surface area (Å²) >= 11 is 0. The highest BCUT2D eigenvalue weighted by atomic mass is 16.6. The summed E-state index contributed by atoms with van der Waals surface area (Å²) in [6.45, 7) is 1.10. The summed E-state index contributed by atoms with van der Waals surface area (Å²) in [6.07, 6.45) is 4.59. The van der Waals surface area contributed by atoms with Crippen LogP contribution in [0.5, 0.6) is 11.5 Å². The normalized spacial score (nSPS) is 13.2. The summed E-state index contributed by atoms with van der Waals surface area (Å²) in [6, 6.07) is 13.6. The molecule has 0 fully saturated rings. The van der Waals surface area contributed by atoms with Crippen LogP contribution in [0.15, 0.2) is 53.8 Å². The molecule has 0 aliphatic carbocycles. The molecule has 2 aromatic carbocycles. The molecular formula is C20H19N3O3. The number of aryl methyl sites for hydroxylation is 1. The maximum atomic E-state index is 12.0. The van der Waals surface area contributed by atoms with Crippen LogP contribution in [-0.2, 0) is 11.2 Å². The summed E-state index contributed by atoms with van der Waals surface area (Å²) in [5, 5.41) is 5.18. The number of hydrazone groups is 1. The van der Waals surface area contributed by atoms with Gasteiger partial charge in [0.1, 0.15) is 13.2 Å².